The molecular weight excluding hydrogens is 352 g/mol. The Balaban J connectivity index is 1.71. The van der Waals surface area contributed by atoms with Gasteiger partial charge < -0.3 is 19.7 Å². The molecule has 1 aliphatic heterocycles. The van der Waals surface area contributed by atoms with Gasteiger partial charge in [-0.1, -0.05) is 0 Å². The lowest BCUT2D eigenvalue weighted by atomic mass is 10.2. The monoisotopic (exact) mass is 380 g/mol. The van der Waals surface area contributed by atoms with Gasteiger partial charge in [-0.05, 0) is 33.7 Å². The highest BCUT2D eigenvalue weighted by atomic mass is 32.1. The average molecular weight is 381 g/mol. The van der Waals surface area contributed by atoms with E-state index in [4.69, 9.17) is 9.47 Å². The molecule has 1 N–H and O–H groups in total. The van der Waals surface area contributed by atoms with Crippen molar-refractivity contribution in [1.82, 2.24) is 19.6 Å². The van der Waals surface area contributed by atoms with Crippen LogP contribution >= 0.6 is 11.3 Å². The third kappa shape index (κ3) is 4.43. The van der Waals surface area contributed by atoms with Gasteiger partial charge in [0.15, 0.2) is 10.7 Å². The molecule has 1 aliphatic rings. The Morgan fingerprint density at radius 1 is 1.42 bits per heavy atom. The maximum absolute atomic E-state index is 13.1. The number of fused-ring (bicyclic) bond motifs is 1. The Hall–Kier alpha value is -1.48. The van der Waals surface area contributed by atoms with Crippen LogP contribution < -0.4 is 5.32 Å². The molecule has 3 rings (SSSR count). The van der Waals surface area contributed by atoms with E-state index in [0.717, 1.165) is 36.8 Å². The molecule has 0 aliphatic carbocycles. The van der Waals surface area contributed by atoms with Crippen LogP contribution in [0.15, 0.2) is 11.6 Å². The second-order valence-corrected chi connectivity index (χ2v) is 7.53. The normalized spacial score (nSPS) is 20.8. The molecule has 2 aromatic rings. The van der Waals surface area contributed by atoms with Gasteiger partial charge in [-0.15, -0.1) is 11.3 Å². The third-order valence-corrected chi connectivity index (χ3v) is 5.17. The number of amides is 1. The fourth-order valence-electron chi connectivity index (χ4n) is 3.32. The largest absolute Gasteiger partial charge is 0.382 e. The highest BCUT2D eigenvalue weighted by Gasteiger charge is 2.30. The summed E-state index contributed by atoms with van der Waals surface area (Å²) in [5, 5.41) is 5.41. The summed E-state index contributed by atoms with van der Waals surface area (Å²) in [6.45, 7) is 10.2. The van der Waals surface area contributed by atoms with Crippen LogP contribution in [-0.4, -0.2) is 65.2 Å². The van der Waals surface area contributed by atoms with E-state index in [0.29, 0.717) is 25.3 Å². The lowest BCUT2D eigenvalue weighted by molar-refractivity contribution is -0.0587. The second kappa shape index (κ2) is 8.94. The van der Waals surface area contributed by atoms with E-state index < -0.39 is 0 Å². The summed E-state index contributed by atoms with van der Waals surface area (Å²) in [6.07, 6.45) is 3.02. The molecule has 2 aromatic heterocycles. The first-order valence-electron chi connectivity index (χ1n) is 9.27. The van der Waals surface area contributed by atoms with Crippen molar-refractivity contribution in [2.75, 3.05) is 32.8 Å². The maximum atomic E-state index is 13.1. The standard InChI is InChI=1S/C18H28N4O3S/c1-4-24-8-5-6-19-10-15-16(20-18-22(15)7-9-26-18)17(23)21-11-13(2)25-14(3)12-21/h7,9,13-14,19H,4-6,8,10-12H2,1-3H3/t13-,14+. The van der Waals surface area contributed by atoms with Crippen molar-refractivity contribution in [3.63, 3.8) is 0 Å². The van der Waals surface area contributed by atoms with E-state index in [1.807, 2.05) is 41.6 Å². The maximum Gasteiger partial charge on any atom is 0.274 e. The van der Waals surface area contributed by atoms with Gasteiger partial charge in [0.25, 0.3) is 5.91 Å². The van der Waals surface area contributed by atoms with Gasteiger partial charge in [0, 0.05) is 44.4 Å². The van der Waals surface area contributed by atoms with Gasteiger partial charge in [-0.3, -0.25) is 9.20 Å². The number of imidazole rings is 1. The summed E-state index contributed by atoms with van der Waals surface area (Å²) in [4.78, 5) is 20.4. The summed E-state index contributed by atoms with van der Waals surface area (Å²) in [5.41, 5.74) is 1.48. The fraction of sp³-hybridized carbons (Fsp3) is 0.667. The number of aromatic nitrogens is 2. The SMILES string of the molecule is CCOCCCNCc1c(C(=O)N2C[C@@H](C)O[C@@H](C)C2)nc2sccn12. The van der Waals surface area contributed by atoms with Crippen molar-refractivity contribution in [3.05, 3.63) is 23.0 Å². The zero-order valence-electron chi connectivity index (χ0n) is 15.7. The molecule has 2 atom stereocenters. The van der Waals surface area contributed by atoms with E-state index in [1.54, 1.807) is 11.3 Å². The van der Waals surface area contributed by atoms with Gasteiger partial charge in [0.1, 0.15) is 0 Å². The first-order valence-corrected chi connectivity index (χ1v) is 10.2. The Morgan fingerprint density at radius 2 is 2.19 bits per heavy atom. The summed E-state index contributed by atoms with van der Waals surface area (Å²) >= 11 is 1.55. The van der Waals surface area contributed by atoms with Gasteiger partial charge in [0.2, 0.25) is 0 Å². The molecule has 0 spiro atoms. The molecule has 1 fully saturated rings. The number of carbonyl (C=O) groups excluding carboxylic acids is 1. The first-order chi connectivity index (χ1) is 12.6. The van der Waals surface area contributed by atoms with Crippen molar-refractivity contribution in [3.8, 4) is 0 Å². The third-order valence-electron chi connectivity index (χ3n) is 4.41. The smallest absolute Gasteiger partial charge is 0.274 e. The molecule has 0 bridgehead atoms. The molecule has 0 unspecified atom stereocenters. The van der Waals surface area contributed by atoms with E-state index >= 15 is 0 Å². The van der Waals surface area contributed by atoms with Crippen LogP contribution in [0.5, 0.6) is 0 Å². The predicted molar refractivity (Wildman–Crippen MR) is 102 cm³/mol. The van der Waals surface area contributed by atoms with Gasteiger partial charge >= 0.3 is 0 Å². The molecular formula is C18H28N4O3S. The highest BCUT2D eigenvalue weighted by Crippen LogP contribution is 2.21. The van der Waals surface area contributed by atoms with Gasteiger partial charge in [-0.25, -0.2) is 4.98 Å². The van der Waals surface area contributed by atoms with Crippen molar-refractivity contribution < 1.29 is 14.3 Å². The molecule has 7 nitrogen and oxygen atoms in total. The number of hydrogen-bond donors (Lipinski definition) is 1. The Morgan fingerprint density at radius 3 is 2.92 bits per heavy atom. The molecule has 0 radical (unpaired) electrons. The summed E-state index contributed by atoms with van der Waals surface area (Å²) in [5.74, 6) is -0.00554. The highest BCUT2D eigenvalue weighted by molar-refractivity contribution is 7.15. The molecule has 26 heavy (non-hydrogen) atoms. The quantitative estimate of drug-likeness (QED) is 0.711. The summed E-state index contributed by atoms with van der Waals surface area (Å²) < 4.78 is 13.1. The second-order valence-electron chi connectivity index (χ2n) is 6.66. The van der Waals surface area contributed by atoms with E-state index in [1.165, 1.54) is 0 Å². The van der Waals surface area contributed by atoms with Crippen LogP contribution in [0, 0.1) is 0 Å². The predicted octanol–water partition coefficient (Wildman–Crippen LogP) is 2.16. The van der Waals surface area contributed by atoms with E-state index in [9.17, 15) is 4.79 Å². The zero-order chi connectivity index (χ0) is 18.5. The molecule has 0 aromatic carbocycles. The summed E-state index contributed by atoms with van der Waals surface area (Å²) in [7, 11) is 0. The lowest BCUT2D eigenvalue weighted by Gasteiger charge is -2.35. The molecule has 8 heteroatoms. The van der Waals surface area contributed by atoms with Gasteiger partial charge in [0.05, 0.1) is 17.9 Å². The minimum absolute atomic E-state index is 0.00554. The van der Waals surface area contributed by atoms with Crippen LogP contribution in [0.25, 0.3) is 4.96 Å². The molecule has 1 amide bonds. The molecule has 1 saturated heterocycles. The molecule has 3 heterocycles. The van der Waals surface area contributed by atoms with Crippen LogP contribution in [-0.2, 0) is 16.0 Å². The fourth-order valence-corrected chi connectivity index (χ4v) is 4.05. The number of hydrogen-bond acceptors (Lipinski definition) is 6. The summed E-state index contributed by atoms with van der Waals surface area (Å²) in [6, 6.07) is 0. The number of thiazole rings is 1. The van der Waals surface area contributed by atoms with E-state index in [-0.39, 0.29) is 18.1 Å². The van der Waals surface area contributed by atoms with Crippen LogP contribution in [0.3, 0.4) is 0 Å². The first kappa shape index (κ1) is 19.3. The Labute approximate surface area is 158 Å². The van der Waals surface area contributed by atoms with Crippen molar-refractivity contribution in [1.29, 1.82) is 0 Å². The van der Waals surface area contributed by atoms with Crippen LogP contribution in [0.1, 0.15) is 43.4 Å². The van der Waals surface area contributed by atoms with Gasteiger partial charge in [-0.2, -0.15) is 0 Å². The lowest BCUT2D eigenvalue weighted by Crippen LogP contribution is -2.48. The number of nitrogens with one attached hydrogen (secondary N) is 1. The van der Waals surface area contributed by atoms with Crippen molar-refractivity contribution in [2.45, 2.75) is 45.9 Å². The number of carbonyl (C=O) groups is 1. The number of rotatable bonds is 8. The van der Waals surface area contributed by atoms with E-state index in [2.05, 4.69) is 10.3 Å². The van der Waals surface area contributed by atoms with Crippen molar-refractivity contribution in [2.24, 2.45) is 0 Å². The minimum atomic E-state index is -0.00554. The number of ether oxygens (including phenoxy) is 2. The Kier molecular flexibility index (Phi) is 6.63. The van der Waals surface area contributed by atoms with Crippen LogP contribution in [0.4, 0.5) is 0 Å². The van der Waals surface area contributed by atoms with Crippen molar-refractivity contribution >= 4 is 22.2 Å². The number of morpholine rings is 1. The number of nitrogens with zero attached hydrogens (tertiary/aromatic N) is 3. The molecule has 144 valence electrons. The Bertz CT molecular complexity index is 719. The molecule has 0 saturated carbocycles. The van der Waals surface area contributed by atoms with Crippen LogP contribution in [0.2, 0.25) is 0 Å². The average Bonchev–Trinajstić information content (AvgIpc) is 3.18. The zero-order valence-corrected chi connectivity index (χ0v) is 16.6. The topological polar surface area (TPSA) is 68.1 Å². The minimum Gasteiger partial charge on any atom is -0.382 e.